The van der Waals surface area contributed by atoms with E-state index in [0.717, 1.165) is 24.8 Å². The van der Waals surface area contributed by atoms with Gasteiger partial charge in [0, 0.05) is 12.6 Å². The van der Waals surface area contributed by atoms with E-state index in [2.05, 4.69) is 23.2 Å². The summed E-state index contributed by atoms with van der Waals surface area (Å²) in [5.74, 6) is 0. The van der Waals surface area contributed by atoms with Crippen LogP contribution < -0.4 is 0 Å². The smallest absolute Gasteiger partial charge is 0.119 e. The van der Waals surface area contributed by atoms with Gasteiger partial charge in [0.25, 0.3) is 0 Å². The van der Waals surface area contributed by atoms with Crippen LogP contribution >= 0.6 is 0 Å². The number of aldehydes is 1. The predicted molar refractivity (Wildman–Crippen MR) is 59.3 cm³/mol. The highest BCUT2D eigenvalue weighted by atomic mass is 16.1. The van der Waals surface area contributed by atoms with Gasteiger partial charge in [-0.2, -0.15) is 0 Å². The third kappa shape index (κ3) is 3.13. The molecule has 1 heterocycles. The standard InChI is InChI=1S/C9H9N.C3H6O/c1-2-6-9-8(4-1)5-3-7-10-9;1-2-3-4/h1-2,4,6-7H,3,5H2;3H,2H2,1H3. The number of para-hydroxylation sites is 1. The van der Waals surface area contributed by atoms with Crippen molar-refractivity contribution in [1.82, 2.24) is 0 Å². The van der Waals surface area contributed by atoms with Gasteiger partial charge in [-0.1, -0.05) is 25.1 Å². The summed E-state index contributed by atoms with van der Waals surface area (Å²) in [4.78, 5) is 13.4. The minimum atomic E-state index is 0.639. The highest BCUT2D eigenvalue weighted by Crippen LogP contribution is 2.22. The highest BCUT2D eigenvalue weighted by Gasteiger charge is 2.01. The minimum Gasteiger partial charge on any atom is -0.303 e. The van der Waals surface area contributed by atoms with Crippen LogP contribution in [0.15, 0.2) is 29.3 Å². The summed E-state index contributed by atoms with van der Waals surface area (Å²) in [5, 5.41) is 0. The maximum absolute atomic E-state index is 9.17. The Morgan fingerprint density at radius 1 is 1.43 bits per heavy atom. The summed E-state index contributed by atoms with van der Waals surface area (Å²) in [6.07, 6.45) is 5.75. The van der Waals surface area contributed by atoms with Gasteiger partial charge in [-0.05, 0) is 24.5 Å². The van der Waals surface area contributed by atoms with Gasteiger partial charge in [0.05, 0.1) is 5.69 Å². The Kier molecular flexibility index (Phi) is 4.62. The average molecular weight is 189 g/mol. The van der Waals surface area contributed by atoms with Crippen LogP contribution in [0, 0.1) is 0 Å². The van der Waals surface area contributed by atoms with Crippen molar-refractivity contribution < 1.29 is 4.79 Å². The number of hydrogen-bond donors (Lipinski definition) is 0. The summed E-state index contributed by atoms with van der Waals surface area (Å²) in [6, 6.07) is 8.30. The molecule has 0 spiro atoms. The second kappa shape index (κ2) is 6.08. The van der Waals surface area contributed by atoms with Crippen LogP contribution in [-0.4, -0.2) is 12.5 Å². The zero-order valence-corrected chi connectivity index (χ0v) is 8.44. The number of carbonyl (C=O) groups is 1. The molecule has 74 valence electrons. The first-order chi connectivity index (χ1) is 6.88. The fourth-order valence-electron chi connectivity index (χ4n) is 1.23. The largest absolute Gasteiger partial charge is 0.303 e. The number of nitrogens with zero attached hydrogens (tertiary/aromatic N) is 1. The number of aryl methyl sites for hydroxylation is 1. The Morgan fingerprint density at radius 3 is 2.79 bits per heavy atom. The molecule has 0 amide bonds. The fourth-order valence-corrected chi connectivity index (χ4v) is 1.23. The van der Waals surface area contributed by atoms with Crippen molar-refractivity contribution in [2.45, 2.75) is 26.2 Å². The summed E-state index contributed by atoms with van der Waals surface area (Å²) in [6.45, 7) is 1.81. The van der Waals surface area contributed by atoms with E-state index in [0.29, 0.717) is 6.42 Å². The van der Waals surface area contributed by atoms with E-state index < -0.39 is 0 Å². The lowest BCUT2D eigenvalue weighted by atomic mass is 10.1. The second-order valence-corrected chi connectivity index (χ2v) is 3.05. The molecule has 1 aliphatic heterocycles. The minimum absolute atomic E-state index is 0.639. The molecule has 0 unspecified atom stereocenters. The summed E-state index contributed by atoms with van der Waals surface area (Å²) >= 11 is 0. The van der Waals surface area contributed by atoms with E-state index >= 15 is 0 Å². The molecular formula is C12H15NO. The first-order valence-electron chi connectivity index (χ1n) is 4.92. The van der Waals surface area contributed by atoms with Crippen LogP contribution in [0.25, 0.3) is 0 Å². The molecule has 2 rings (SSSR count). The van der Waals surface area contributed by atoms with Crippen LogP contribution in [0.5, 0.6) is 0 Å². The van der Waals surface area contributed by atoms with Crippen molar-refractivity contribution in [2.75, 3.05) is 0 Å². The molecule has 0 fully saturated rings. The van der Waals surface area contributed by atoms with Crippen molar-refractivity contribution in [1.29, 1.82) is 0 Å². The third-order valence-corrected chi connectivity index (χ3v) is 1.93. The van der Waals surface area contributed by atoms with Gasteiger partial charge in [0.15, 0.2) is 0 Å². The first kappa shape index (κ1) is 10.6. The Labute approximate surface area is 84.7 Å². The summed E-state index contributed by atoms with van der Waals surface area (Å²) < 4.78 is 0. The molecule has 2 heteroatoms. The molecule has 0 saturated carbocycles. The number of hydrogen-bond acceptors (Lipinski definition) is 2. The van der Waals surface area contributed by atoms with E-state index in [1.807, 2.05) is 19.2 Å². The van der Waals surface area contributed by atoms with Crippen molar-refractivity contribution in [2.24, 2.45) is 4.99 Å². The van der Waals surface area contributed by atoms with Crippen LogP contribution in [0.3, 0.4) is 0 Å². The number of benzene rings is 1. The van der Waals surface area contributed by atoms with Crippen LogP contribution in [-0.2, 0) is 11.2 Å². The monoisotopic (exact) mass is 189 g/mol. The van der Waals surface area contributed by atoms with Gasteiger partial charge >= 0.3 is 0 Å². The van der Waals surface area contributed by atoms with Crippen molar-refractivity contribution >= 4 is 18.2 Å². The molecule has 1 aromatic rings. The second-order valence-electron chi connectivity index (χ2n) is 3.05. The highest BCUT2D eigenvalue weighted by molar-refractivity contribution is 5.68. The molecule has 0 aromatic heterocycles. The molecule has 0 aliphatic carbocycles. The molecule has 1 aliphatic rings. The zero-order valence-electron chi connectivity index (χ0n) is 8.44. The molecule has 0 N–H and O–H groups in total. The number of fused-ring (bicyclic) bond motifs is 1. The average Bonchev–Trinajstić information content (AvgIpc) is 2.30. The van der Waals surface area contributed by atoms with Crippen molar-refractivity contribution in [3.63, 3.8) is 0 Å². The zero-order chi connectivity index (χ0) is 10.2. The van der Waals surface area contributed by atoms with Crippen LogP contribution in [0.1, 0.15) is 25.3 Å². The molecular weight excluding hydrogens is 174 g/mol. The Morgan fingerprint density at radius 2 is 2.14 bits per heavy atom. The van der Waals surface area contributed by atoms with Crippen LogP contribution in [0.2, 0.25) is 0 Å². The number of carbonyl (C=O) groups excluding carboxylic acids is 1. The van der Waals surface area contributed by atoms with Crippen LogP contribution in [0.4, 0.5) is 5.69 Å². The lowest BCUT2D eigenvalue weighted by Crippen LogP contribution is -1.91. The Balaban J connectivity index is 0.000000213. The third-order valence-electron chi connectivity index (χ3n) is 1.93. The summed E-state index contributed by atoms with van der Waals surface area (Å²) in [5.41, 5.74) is 2.53. The normalized spacial score (nSPS) is 12.4. The lowest BCUT2D eigenvalue weighted by molar-refractivity contribution is -0.107. The molecule has 14 heavy (non-hydrogen) atoms. The Hall–Kier alpha value is -1.44. The van der Waals surface area contributed by atoms with E-state index in [1.165, 1.54) is 5.56 Å². The molecule has 2 nitrogen and oxygen atoms in total. The quantitative estimate of drug-likeness (QED) is 0.624. The van der Waals surface area contributed by atoms with Gasteiger partial charge in [-0.15, -0.1) is 0 Å². The number of rotatable bonds is 1. The topological polar surface area (TPSA) is 29.4 Å². The molecule has 0 radical (unpaired) electrons. The fraction of sp³-hybridized carbons (Fsp3) is 0.333. The van der Waals surface area contributed by atoms with Gasteiger partial charge in [-0.3, -0.25) is 4.99 Å². The maximum Gasteiger partial charge on any atom is 0.119 e. The summed E-state index contributed by atoms with van der Waals surface area (Å²) in [7, 11) is 0. The van der Waals surface area contributed by atoms with Gasteiger partial charge in [0.2, 0.25) is 0 Å². The maximum atomic E-state index is 9.17. The predicted octanol–water partition coefficient (Wildman–Crippen LogP) is 2.93. The molecule has 1 aromatic carbocycles. The van der Waals surface area contributed by atoms with Gasteiger partial charge in [0.1, 0.15) is 6.29 Å². The first-order valence-corrected chi connectivity index (χ1v) is 4.92. The molecule has 0 atom stereocenters. The lowest BCUT2D eigenvalue weighted by Gasteiger charge is -2.07. The molecule has 0 saturated heterocycles. The van der Waals surface area contributed by atoms with E-state index in [1.54, 1.807) is 0 Å². The molecule has 0 bridgehead atoms. The Bertz CT molecular complexity index is 318. The SMILES string of the molecule is C1=Nc2ccccc2CC1.CCC=O. The van der Waals surface area contributed by atoms with Gasteiger partial charge in [-0.25, -0.2) is 0 Å². The van der Waals surface area contributed by atoms with Crippen molar-refractivity contribution in [3.05, 3.63) is 29.8 Å². The van der Waals surface area contributed by atoms with E-state index in [9.17, 15) is 4.79 Å². The number of aliphatic imine (C=N–C) groups is 1. The van der Waals surface area contributed by atoms with E-state index in [-0.39, 0.29) is 0 Å². The van der Waals surface area contributed by atoms with Crippen molar-refractivity contribution in [3.8, 4) is 0 Å². The van der Waals surface area contributed by atoms with E-state index in [4.69, 9.17) is 0 Å². The van der Waals surface area contributed by atoms with Gasteiger partial charge < -0.3 is 4.79 Å².